The Hall–Kier alpha value is -4.32. The zero-order valence-electron chi connectivity index (χ0n) is 26.2. The number of urea groups is 1. The minimum Gasteiger partial charge on any atom is -0.406 e. The first-order valence-electron chi connectivity index (χ1n) is 15.1. The highest BCUT2D eigenvalue weighted by atomic mass is 32.2. The third kappa shape index (κ3) is 8.68. The summed E-state index contributed by atoms with van der Waals surface area (Å²) < 4.78 is 42.7. The smallest absolute Gasteiger partial charge is 0.406 e. The fraction of sp³-hybridized carbons (Fsp3) is 0.353. The molecule has 0 bridgehead atoms. The molecule has 1 aliphatic rings. The van der Waals surface area contributed by atoms with Crippen molar-refractivity contribution in [2.45, 2.75) is 52.8 Å². The molecule has 3 aromatic carbocycles. The van der Waals surface area contributed by atoms with Gasteiger partial charge in [-0.1, -0.05) is 81.9 Å². The van der Waals surface area contributed by atoms with Gasteiger partial charge in [-0.3, -0.25) is 0 Å². The van der Waals surface area contributed by atoms with Crippen LogP contribution in [0.3, 0.4) is 0 Å². The van der Waals surface area contributed by atoms with Gasteiger partial charge < -0.3 is 15.0 Å². The summed E-state index contributed by atoms with van der Waals surface area (Å²) in [5, 5.41) is 8.22. The number of alkyl halides is 3. The summed E-state index contributed by atoms with van der Waals surface area (Å²) in [6, 6.07) is 21.3. The maximum absolute atomic E-state index is 13.0. The van der Waals surface area contributed by atoms with E-state index in [-0.39, 0.29) is 17.2 Å². The number of hydrogen-bond donors (Lipinski definition) is 1. The van der Waals surface area contributed by atoms with E-state index in [4.69, 9.17) is 0 Å². The molecular weight excluding hydrogens is 613 g/mol. The van der Waals surface area contributed by atoms with Crippen LogP contribution in [-0.2, 0) is 6.42 Å². The number of aromatic nitrogens is 3. The number of para-hydroxylation sites is 1. The van der Waals surface area contributed by atoms with Crippen molar-refractivity contribution in [3.05, 3.63) is 90.3 Å². The van der Waals surface area contributed by atoms with Gasteiger partial charge in [0, 0.05) is 30.1 Å². The second-order valence-corrected chi connectivity index (χ2v) is 13.3. The molecule has 1 saturated heterocycles. The summed E-state index contributed by atoms with van der Waals surface area (Å²) in [5.41, 5.74) is 4.55. The zero-order chi connectivity index (χ0) is 32.9. The number of aliphatic imine (C=N–C) groups is 1. The summed E-state index contributed by atoms with van der Waals surface area (Å²) >= 11 is 1.61. The Morgan fingerprint density at radius 1 is 1.04 bits per heavy atom. The highest BCUT2D eigenvalue weighted by Crippen LogP contribution is 2.32. The van der Waals surface area contributed by atoms with Crippen molar-refractivity contribution in [3.8, 4) is 22.8 Å². The van der Waals surface area contributed by atoms with Crippen LogP contribution in [0.1, 0.15) is 51.2 Å². The first kappa shape index (κ1) is 33.1. The first-order chi connectivity index (χ1) is 21.9. The van der Waals surface area contributed by atoms with Gasteiger partial charge in [0.15, 0.2) is 11.0 Å². The maximum atomic E-state index is 13.0. The highest BCUT2D eigenvalue weighted by molar-refractivity contribution is 8.14. The van der Waals surface area contributed by atoms with Gasteiger partial charge >= 0.3 is 12.4 Å². The lowest BCUT2D eigenvalue weighted by Crippen LogP contribution is -2.38. The molecular formula is C34H37F3N6O2S. The molecule has 2 amide bonds. The largest absolute Gasteiger partial charge is 0.573 e. The van der Waals surface area contributed by atoms with E-state index in [1.807, 2.05) is 36.4 Å². The molecule has 1 fully saturated rings. The summed E-state index contributed by atoms with van der Waals surface area (Å²) in [7, 11) is 0. The van der Waals surface area contributed by atoms with Crippen molar-refractivity contribution < 1.29 is 22.7 Å². The number of carbonyl (C=O) groups excluding carboxylic acids is 1. The van der Waals surface area contributed by atoms with E-state index in [9.17, 15) is 18.0 Å². The van der Waals surface area contributed by atoms with Crippen molar-refractivity contribution in [2.24, 2.45) is 10.4 Å². The van der Waals surface area contributed by atoms with E-state index < -0.39 is 6.36 Å². The number of anilines is 1. The minimum atomic E-state index is -4.75. The monoisotopic (exact) mass is 650 g/mol. The predicted octanol–water partition coefficient (Wildman–Crippen LogP) is 8.23. The van der Waals surface area contributed by atoms with E-state index in [1.165, 1.54) is 40.8 Å². The average molecular weight is 651 g/mol. The molecule has 12 heteroatoms. The quantitative estimate of drug-likeness (QED) is 0.197. The van der Waals surface area contributed by atoms with Crippen molar-refractivity contribution >= 4 is 28.6 Å². The second-order valence-electron chi connectivity index (χ2n) is 12.2. The molecule has 0 atom stereocenters. The summed E-state index contributed by atoms with van der Waals surface area (Å²) in [5.74, 6) is 1.47. The molecule has 1 aliphatic heterocycles. The molecule has 46 heavy (non-hydrogen) atoms. The summed E-state index contributed by atoms with van der Waals surface area (Å²) in [6.45, 7) is 9.83. The van der Waals surface area contributed by atoms with Crippen LogP contribution in [0.5, 0.6) is 5.75 Å². The molecule has 2 heterocycles. The van der Waals surface area contributed by atoms with E-state index in [0.29, 0.717) is 24.0 Å². The molecule has 0 saturated carbocycles. The van der Waals surface area contributed by atoms with Gasteiger partial charge in [0.2, 0.25) is 0 Å². The van der Waals surface area contributed by atoms with Gasteiger partial charge in [-0.05, 0) is 65.6 Å². The third-order valence-electron chi connectivity index (χ3n) is 7.47. The molecule has 0 radical (unpaired) electrons. The Balaban J connectivity index is 1.18. The van der Waals surface area contributed by atoms with Crippen molar-refractivity contribution in [1.82, 2.24) is 20.1 Å². The lowest BCUT2D eigenvalue weighted by molar-refractivity contribution is -0.274. The number of halogens is 3. The van der Waals surface area contributed by atoms with Gasteiger partial charge in [-0.25, -0.2) is 14.5 Å². The van der Waals surface area contributed by atoms with Crippen LogP contribution in [0.25, 0.3) is 17.1 Å². The number of benzene rings is 3. The highest BCUT2D eigenvalue weighted by Gasteiger charge is 2.31. The Bertz CT molecular complexity index is 1670. The molecule has 1 aromatic heterocycles. The topological polar surface area (TPSA) is 84.6 Å². The van der Waals surface area contributed by atoms with Crippen molar-refractivity contribution in [1.29, 1.82) is 0 Å². The van der Waals surface area contributed by atoms with Crippen LogP contribution < -0.4 is 15.0 Å². The van der Waals surface area contributed by atoms with Crippen LogP contribution >= 0.6 is 11.8 Å². The lowest BCUT2D eigenvalue weighted by atomic mass is 9.85. The second kappa shape index (κ2) is 14.0. The Labute approximate surface area is 271 Å². The third-order valence-corrected chi connectivity index (χ3v) is 8.54. The number of carbonyl (C=O) groups is 1. The molecule has 1 N–H and O–H groups in total. The zero-order valence-corrected chi connectivity index (χ0v) is 27.0. The molecule has 242 valence electrons. The van der Waals surface area contributed by atoms with E-state index >= 15 is 0 Å². The summed E-state index contributed by atoms with van der Waals surface area (Å²) in [6.07, 6.45) is -1.49. The van der Waals surface area contributed by atoms with Crippen molar-refractivity contribution in [2.75, 3.05) is 23.7 Å². The molecule has 0 spiro atoms. The maximum Gasteiger partial charge on any atom is 0.573 e. The molecule has 5 rings (SSSR count). The molecule has 0 aliphatic carbocycles. The Morgan fingerprint density at radius 2 is 1.76 bits per heavy atom. The average Bonchev–Trinajstić information content (AvgIpc) is 3.51. The van der Waals surface area contributed by atoms with E-state index in [1.54, 1.807) is 11.8 Å². The number of ether oxygens (including phenoxy) is 1. The fourth-order valence-corrected chi connectivity index (χ4v) is 6.19. The van der Waals surface area contributed by atoms with Crippen LogP contribution in [-0.4, -0.2) is 51.2 Å². The van der Waals surface area contributed by atoms with Gasteiger partial charge in [-0.2, -0.15) is 4.99 Å². The van der Waals surface area contributed by atoms with Crippen LogP contribution in [0.2, 0.25) is 0 Å². The van der Waals surface area contributed by atoms with Gasteiger partial charge in [0.05, 0.1) is 5.69 Å². The standard InChI is InChI=1S/C34H37F3N6O2S/c1-23(2)28-8-5-6-9-29(28)42-18-7-19-46-32(42)40-31(44)38-21-33(3,4)20-24-10-12-25(13-11-24)30-39-22-43(41-30)26-14-16-27(17-15-26)45-34(35,36)37/h5-6,8-17,22-23H,7,18-21H2,1-4H3,(H,38,44). The minimum absolute atomic E-state index is 0.233. The number of rotatable bonds is 9. The number of hydrogen-bond acceptors (Lipinski definition) is 5. The Kier molecular flexibility index (Phi) is 10.0. The fourth-order valence-electron chi connectivity index (χ4n) is 5.25. The van der Waals surface area contributed by atoms with E-state index in [0.717, 1.165) is 47.1 Å². The number of amides is 2. The van der Waals surface area contributed by atoms with Gasteiger partial charge in [0.1, 0.15) is 12.1 Å². The number of amidine groups is 1. The number of nitrogens with zero attached hydrogens (tertiary/aromatic N) is 5. The number of nitrogens with one attached hydrogen (secondary N) is 1. The molecule has 4 aromatic rings. The normalized spacial score (nSPS) is 15.0. The predicted molar refractivity (Wildman–Crippen MR) is 177 cm³/mol. The Morgan fingerprint density at radius 3 is 2.46 bits per heavy atom. The van der Waals surface area contributed by atoms with Crippen LogP contribution in [0, 0.1) is 5.41 Å². The van der Waals surface area contributed by atoms with Gasteiger partial charge in [0.25, 0.3) is 0 Å². The van der Waals surface area contributed by atoms with E-state index in [2.05, 4.69) is 69.9 Å². The van der Waals surface area contributed by atoms with Gasteiger partial charge in [-0.15, -0.1) is 18.3 Å². The SMILES string of the molecule is CC(C)c1ccccc1N1CCCSC1=NC(=O)NCC(C)(C)Cc1ccc(-c2ncn(-c3ccc(OC(F)(F)F)cc3)n2)cc1. The molecule has 8 nitrogen and oxygen atoms in total. The summed E-state index contributed by atoms with van der Waals surface area (Å²) in [4.78, 5) is 24.0. The van der Waals surface area contributed by atoms with Crippen LogP contribution in [0.15, 0.2) is 84.1 Å². The molecule has 0 unspecified atom stereocenters. The van der Waals surface area contributed by atoms with Crippen molar-refractivity contribution in [3.63, 3.8) is 0 Å². The van der Waals surface area contributed by atoms with Crippen LogP contribution in [0.4, 0.5) is 23.7 Å². The lowest BCUT2D eigenvalue weighted by Gasteiger charge is -2.32. The number of thioether (sulfide) groups is 1. The first-order valence-corrected chi connectivity index (χ1v) is 16.1.